The van der Waals surface area contributed by atoms with Crippen LogP contribution in [0.5, 0.6) is 5.75 Å². The summed E-state index contributed by atoms with van der Waals surface area (Å²) in [4.78, 5) is 0. The van der Waals surface area contributed by atoms with Crippen molar-refractivity contribution >= 4 is 0 Å². The SMILES string of the molecule is COc1ccc(-c2cnnn2CCCN)cc1. The molecule has 2 aromatic rings. The van der Waals surface area contributed by atoms with Crippen molar-refractivity contribution in [3.8, 4) is 17.0 Å². The Morgan fingerprint density at radius 3 is 2.71 bits per heavy atom. The van der Waals surface area contributed by atoms with Gasteiger partial charge in [0, 0.05) is 12.1 Å². The predicted molar refractivity (Wildman–Crippen MR) is 65.7 cm³/mol. The molecular weight excluding hydrogens is 216 g/mol. The Morgan fingerprint density at radius 1 is 1.29 bits per heavy atom. The molecule has 0 spiro atoms. The molecule has 0 radical (unpaired) electrons. The molecule has 0 aliphatic carbocycles. The summed E-state index contributed by atoms with van der Waals surface area (Å²) in [6, 6.07) is 7.85. The first-order valence-electron chi connectivity index (χ1n) is 5.58. The molecule has 0 saturated heterocycles. The number of nitrogens with zero attached hydrogens (tertiary/aromatic N) is 3. The number of aromatic nitrogens is 3. The molecule has 0 fully saturated rings. The first-order chi connectivity index (χ1) is 8.35. The number of hydrogen-bond acceptors (Lipinski definition) is 4. The van der Waals surface area contributed by atoms with Crippen LogP contribution in [0, 0.1) is 0 Å². The summed E-state index contributed by atoms with van der Waals surface area (Å²) < 4.78 is 7.00. The Balaban J connectivity index is 2.23. The highest BCUT2D eigenvalue weighted by Gasteiger charge is 2.06. The van der Waals surface area contributed by atoms with Gasteiger partial charge in [-0.3, -0.25) is 0 Å². The van der Waals surface area contributed by atoms with E-state index in [1.54, 1.807) is 13.3 Å². The Hall–Kier alpha value is -1.88. The van der Waals surface area contributed by atoms with Crippen LogP contribution in [0.4, 0.5) is 0 Å². The lowest BCUT2D eigenvalue weighted by atomic mass is 10.1. The van der Waals surface area contributed by atoms with E-state index in [0.717, 1.165) is 30.0 Å². The second kappa shape index (κ2) is 5.45. The summed E-state index contributed by atoms with van der Waals surface area (Å²) in [7, 11) is 1.65. The van der Waals surface area contributed by atoms with Crippen molar-refractivity contribution < 1.29 is 4.74 Å². The molecule has 0 bridgehead atoms. The normalized spacial score (nSPS) is 10.5. The largest absolute Gasteiger partial charge is 0.497 e. The minimum Gasteiger partial charge on any atom is -0.497 e. The van der Waals surface area contributed by atoms with E-state index in [-0.39, 0.29) is 0 Å². The van der Waals surface area contributed by atoms with Crippen LogP contribution in [0.3, 0.4) is 0 Å². The van der Waals surface area contributed by atoms with E-state index in [0.29, 0.717) is 6.54 Å². The van der Waals surface area contributed by atoms with Crippen molar-refractivity contribution in [1.82, 2.24) is 15.0 Å². The molecule has 1 heterocycles. The number of methoxy groups -OCH3 is 1. The van der Waals surface area contributed by atoms with Crippen LogP contribution in [-0.2, 0) is 6.54 Å². The monoisotopic (exact) mass is 232 g/mol. The summed E-state index contributed by atoms with van der Waals surface area (Å²) in [5.41, 5.74) is 7.57. The van der Waals surface area contributed by atoms with Crippen LogP contribution in [0.25, 0.3) is 11.3 Å². The highest BCUT2D eigenvalue weighted by molar-refractivity contribution is 5.59. The van der Waals surface area contributed by atoms with Gasteiger partial charge in [0.25, 0.3) is 0 Å². The lowest BCUT2D eigenvalue weighted by Gasteiger charge is -2.06. The molecule has 5 heteroatoms. The van der Waals surface area contributed by atoms with Gasteiger partial charge in [0.15, 0.2) is 0 Å². The van der Waals surface area contributed by atoms with Crippen LogP contribution in [0.15, 0.2) is 30.5 Å². The van der Waals surface area contributed by atoms with Crippen molar-refractivity contribution in [3.05, 3.63) is 30.5 Å². The number of hydrogen-bond donors (Lipinski definition) is 1. The molecule has 2 rings (SSSR count). The second-order valence-corrected chi connectivity index (χ2v) is 3.71. The minimum absolute atomic E-state index is 0.655. The van der Waals surface area contributed by atoms with Crippen molar-refractivity contribution in [2.75, 3.05) is 13.7 Å². The molecule has 0 aliphatic heterocycles. The molecule has 0 aliphatic rings. The van der Waals surface area contributed by atoms with Gasteiger partial charge in [0.2, 0.25) is 0 Å². The van der Waals surface area contributed by atoms with Gasteiger partial charge >= 0.3 is 0 Å². The quantitative estimate of drug-likeness (QED) is 0.844. The fourth-order valence-electron chi connectivity index (χ4n) is 1.65. The number of ether oxygens (including phenoxy) is 1. The van der Waals surface area contributed by atoms with E-state index in [9.17, 15) is 0 Å². The highest BCUT2D eigenvalue weighted by atomic mass is 16.5. The summed E-state index contributed by atoms with van der Waals surface area (Å²) in [5.74, 6) is 0.842. The van der Waals surface area contributed by atoms with Gasteiger partial charge < -0.3 is 10.5 Å². The maximum absolute atomic E-state index is 5.49. The lowest BCUT2D eigenvalue weighted by molar-refractivity contribution is 0.415. The van der Waals surface area contributed by atoms with Crippen LogP contribution in [-0.4, -0.2) is 28.6 Å². The van der Waals surface area contributed by atoms with Crippen LogP contribution < -0.4 is 10.5 Å². The molecule has 1 aromatic carbocycles. The van der Waals surface area contributed by atoms with Gasteiger partial charge in [-0.1, -0.05) is 5.21 Å². The van der Waals surface area contributed by atoms with E-state index in [1.807, 2.05) is 28.9 Å². The molecule has 2 N–H and O–H groups in total. The van der Waals surface area contributed by atoms with Gasteiger partial charge in [0.05, 0.1) is 19.0 Å². The summed E-state index contributed by atoms with van der Waals surface area (Å²) in [6.45, 7) is 1.44. The summed E-state index contributed by atoms with van der Waals surface area (Å²) >= 11 is 0. The second-order valence-electron chi connectivity index (χ2n) is 3.71. The Morgan fingerprint density at radius 2 is 2.06 bits per heavy atom. The van der Waals surface area contributed by atoms with Crippen LogP contribution >= 0.6 is 0 Å². The zero-order valence-corrected chi connectivity index (χ0v) is 9.84. The molecular formula is C12H16N4O. The van der Waals surface area contributed by atoms with E-state index in [2.05, 4.69) is 10.3 Å². The molecule has 17 heavy (non-hydrogen) atoms. The fourth-order valence-corrected chi connectivity index (χ4v) is 1.65. The standard InChI is InChI=1S/C12H16N4O/c1-17-11-5-3-10(4-6-11)12-9-14-15-16(12)8-2-7-13/h3-6,9H,2,7-8,13H2,1H3. The molecule has 1 aromatic heterocycles. The van der Waals surface area contributed by atoms with Gasteiger partial charge in [-0.15, -0.1) is 5.10 Å². The topological polar surface area (TPSA) is 66.0 Å². The van der Waals surface area contributed by atoms with Crippen LogP contribution in [0.2, 0.25) is 0 Å². The van der Waals surface area contributed by atoms with Crippen molar-refractivity contribution in [1.29, 1.82) is 0 Å². The van der Waals surface area contributed by atoms with E-state index < -0.39 is 0 Å². The number of aryl methyl sites for hydroxylation is 1. The number of nitrogens with two attached hydrogens (primary N) is 1. The maximum atomic E-state index is 5.49. The maximum Gasteiger partial charge on any atom is 0.118 e. The van der Waals surface area contributed by atoms with E-state index >= 15 is 0 Å². The van der Waals surface area contributed by atoms with Crippen molar-refractivity contribution in [2.24, 2.45) is 5.73 Å². The van der Waals surface area contributed by atoms with Crippen LogP contribution in [0.1, 0.15) is 6.42 Å². The van der Waals surface area contributed by atoms with Gasteiger partial charge in [0.1, 0.15) is 5.75 Å². The Bertz CT molecular complexity index is 464. The highest BCUT2D eigenvalue weighted by Crippen LogP contribution is 2.21. The van der Waals surface area contributed by atoms with E-state index in [4.69, 9.17) is 10.5 Å². The summed E-state index contributed by atoms with van der Waals surface area (Å²) in [5, 5.41) is 7.99. The van der Waals surface area contributed by atoms with Gasteiger partial charge in [-0.2, -0.15) is 0 Å². The molecule has 0 unspecified atom stereocenters. The molecule has 0 atom stereocenters. The lowest BCUT2D eigenvalue weighted by Crippen LogP contribution is -2.08. The first-order valence-corrected chi connectivity index (χ1v) is 5.58. The molecule has 0 amide bonds. The molecule has 5 nitrogen and oxygen atoms in total. The zero-order chi connectivity index (χ0) is 12.1. The smallest absolute Gasteiger partial charge is 0.118 e. The predicted octanol–water partition coefficient (Wildman–Crippen LogP) is 1.30. The Kier molecular flexibility index (Phi) is 3.72. The number of benzene rings is 1. The van der Waals surface area contributed by atoms with Gasteiger partial charge in [-0.05, 0) is 37.2 Å². The average Bonchev–Trinajstić information content (AvgIpc) is 2.84. The van der Waals surface area contributed by atoms with E-state index in [1.165, 1.54) is 0 Å². The van der Waals surface area contributed by atoms with Gasteiger partial charge in [-0.25, -0.2) is 4.68 Å². The number of rotatable bonds is 5. The Labute approximate surface area is 100 Å². The third kappa shape index (κ3) is 2.62. The average molecular weight is 232 g/mol. The third-order valence-electron chi connectivity index (χ3n) is 2.58. The third-order valence-corrected chi connectivity index (χ3v) is 2.58. The van der Waals surface area contributed by atoms with Crippen molar-refractivity contribution in [3.63, 3.8) is 0 Å². The summed E-state index contributed by atoms with van der Waals surface area (Å²) in [6.07, 6.45) is 2.66. The fraction of sp³-hybridized carbons (Fsp3) is 0.333. The molecule has 0 saturated carbocycles. The molecule has 90 valence electrons. The zero-order valence-electron chi connectivity index (χ0n) is 9.84. The minimum atomic E-state index is 0.655. The van der Waals surface area contributed by atoms with Crippen molar-refractivity contribution in [2.45, 2.75) is 13.0 Å². The first kappa shape index (κ1) is 11.6.